The average molecular weight is 409 g/mol. The highest BCUT2D eigenvalue weighted by atomic mass is 35.5. The lowest BCUT2D eigenvalue weighted by molar-refractivity contribution is 0.271. The molecule has 0 aliphatic heterocycles. The van der Waals surface area contributed by atoms with E-state index in [1.807, 2.05) is 18.2 Å². The van der Waals surface area contributed by atoms with Crippen molar-refractivity contribution < 1.29 is 14.6 Å². The van der Waals surface area contributed by atoms with E-state index in [0.29, 0.717) is 17.2 Å². The Morgan fingerprint density at radius 1 is 0.897 bits per heavy atom. The number of aliphatic hydroxyl groups is 1. The largest absolute Gasteiger partial charge is 0.493 e. The van der Waals surface area contributed by atoms with Crippen molar-refractivity contribution in [3.63, 3.8) is 0 Å². The van der Waals surface area contributed by atoms with Crippen LogP contribution in [0.5, 0.6) is 11.5 Å². The number of hydrogen-bond donors (Lipinski definition) is 1. The van der Waals surface area contributed by atoms with Crippen LogP contribution in [-0.2, 0) is 0 Å². The molecule has 0 radical (unpaired) electrons. The number of methoxy groups -OCH3 is 2. The number of ether oxygens (including phenoxy) is 2. The molecule has 0 amide bonds. The fourth-order valence-corrected chi connectivity index (χ4v) is 4.79. The first-order valence-electron chi connectivity index (χ1n) is 9.88. The number of halogens is 1. The van der Waals surface area contributed by atoms with Gasteiger partial charge in [-0.25, -0.2) is 0 Å². The third kappa shape index (κ3) is 3.61. The Bertz CT molecular complexity index is 1010. The predicted molar refractivity (Wildman–Crippen MR) is 117 cm³/mol. The molecule has 0 bridgehead atoms. The maximum absolute atomic E-state index is 9.77. The number of rotatable bonds is 5. The first-order valence-corrected chi connectivity index (χ1v) is 10.3. The second-order valence-corrected chi connectivity index (χ2v) is 7.84. The molecule has 29 heavy (non-hydrogen) atoms. The van der Waals surface area contributed by atoms with Gasteiger partial charge in [0.1, 0.15) is 0 Å². The van der Waals surface area contributed by atoms with Gasteiger partial charge in [-0.1, -0.05) is 54.1 Å². The number of aliphatic hydroxyl groups excluding tert-OH is 1. The van der Waals surface area contributed by atoms with Crippen LogP contribution in [-0.4, -0.2) is 25.9 Å². The maximum Gasteiger partial charge on any atom is 0.164 e. The second-order valence-electron chi connectivity index (χ2n) is 7.40. The minimum atomic E-state index is 0.0673. The van der Waals surface area contributed by atoms with Crippen LogP contribution in [0.4, 0.5) is 0 Å². The van der Waals surface area contributed by atoms with Crippen LogP contribution in [0.1, 0.15) is 41.4 Å². The fourth-order valence-electron chi connectivity index (χ4n) is 4.61. The van der Waals surface area contributed by atoms with Crippen molar-refractivity contribution in [3.8, 4) is 22.6 Å². The van der Waals surface area contributed by atoms with Gasteiger partial charge in [-0.15, -0.1) is 0 Å². The van der Waals surface area contributed by atoms with E-state index in [1.54, 1.807) is 14.2 Å². The molecular formula is C25H25ClO3. The van der Waals surface area contributed by atoms with Crippen LogP contribution < -0.4 is 9.47 Å². The number of fused-ring (bicyclic) bond motifs is 3. The molecule has 3 aromatic rings. The smallest absolute Gasteiger partial charge is 0.164 e. The summed E-state index contributed by atoms with van der Waals surface area (Å²) in [5.74, 6) is 1.76. The van der Waals surface area contributed by atoms with Crippen molar-refractivity contribution in [2.45, 2.75) is 24.7 Å². The zero-order valence-corrected chi connectivity index (χ0v) is 17.4. The Labute approximate surface area is 176 Å². The fraction of sp³-hybridized carbons (Fsp3) is 0.280. The number of hydrogen-bond acceptors (Lipinski definition) is 3. The molecule has 0 saturated carbocycles. The summed E-state index contributed by atoms with van der Waals surface area (Å²) in [6.07, 6.45) is 1.57. The van der Waals surface area contributed by atoms with Gasteiger partial charge < -0.3 is 14.6 Å². The molecule has 0 spiro atoms. The van der Waals surface area contributed by atoms with E-state index in [1.165, 1.54) is 22.3 Å². The first-order chi connectivity index (χ1) is 14.2. The normalized spacial score (nSPS) is 17.8. The molecule has 0 aromatic heterocycles. The molecule has 3 nitrogen and oxygen atoms in total. The highest BCUT2D eigenvalue weighted by molar-refractivity contribution is 6.30. The Morgan fingerprint density at radius 2 is 1.66 bits per heavy atom. The van der Waals surface area contributed by atoms with Gasteiger partial charge in [-0.3, -0.25) is 0 Å². The molecular weight excluding hydrogens is 384 g/mol. The minimum Gasteiger partial charge on any atom is -0.493 e. The Hall–Kier alpha value is -2.49. The predicted octanol–water partition coefficient (Wildman–Crippen LogP) is 6.03. The van der Waals surface area contributed by atoms with Gasteiger partial charge in [0.2, 0.25) is 0 Å². The van der Waals surface area contributed by atoms with Crippen LogP contribution >= 0.6 is 11.6 Å². The van der Waals surface area contributed by atoms with Gasteiger partial charge in [0.15, 0.2) is 11.5 Å². The second kappa shape index (κ2) is 8.48. The Kier molecular flexibility index (Phi) is 5.79. The molecule has 0 saturated heterocycles. The monoisotopic (exact) mass is 408 g/mol. The molecule has 1 N–H and O–H groups in total. The van der Waals surface area contributed by atoms with Crippen LogP contribution in [0.15, 0.2) is 60.7 Å². The summed E-state index contributed by atoms with van der Waals surface area (Å²) in [5, 5.41) is 10.5. The van der Waals surface area contributed by atoms with E-state index < -0.39 is 0 Å². The minimum absolute atomic E-state index is 0.0673. The highest BCUT2D eigenvalue weighted by Crippen LogP contribution is 2.50. The van der Waals surface area contributed by atoms with Gasteiger partial charge in [-0.2, -0.15) is 0 Å². The van der Waals surface area contributed by atoms with Crippen molar-refractivity contribution in [1.82, 2.24) is 0 Å². The van der Waals surface area contributed by atoms with Crippen LogP contribution in [0.25, 0.3) is 11.1 Å². The summed E-state index contributed by atoms with van der Waals surface area (Å²) in [6, 6.07) is 20.6. The first kappa shape index (κ1) is 19.8. The van der Waals surface area contributed by atoms with Crippen molar-refractivity contribution in [3.05, 3.63) is 82.4 Å². The Morgan fingerprint density at radius 3 is 2.41 bits per heavy atom. The molecule has 4 heteroatoms. The molecule has 4 rings (SSSR count). The summed E-state index contributed by atoms with van der Waals surface area (Å²) >= 11 is 6.44. The molecule has 0 unspecified atom stereocenters. The van der Waals surface area contributed by atoms with E-state index in [4.69, 9.17) is 21.1 Å². The van der Waals surface area contributed by atoms with E-state index in [2.05, 4.69) is 42.5 Å². The van der Waals surface area contributed by atoms with E-state index >= 15 is 0 Å². The van der Waals surface area contributed by atoms with Crippen molar-refractivity contribution in [2.24, 2.45) is 0 Å². The van der Waals surface area contributed by atoms with Gasteiger partial charge in [0.25, 0.3) is 0 Å². The average Bonchev–Trinajstić information content (AvgIpc) is 2.88. The van der Waals surface area contributed by atoms with Crippen molar-refractivity contribution >= 4 is 11.6 Å². The van der Waals surface area contributed by atoms with Crippen molar-refractivity contribution in [2.75, 3.05) is 20.8 Å². The van der Waals surface area contributed by atoms with Crippen LogP contribution in [0.3, 0.4) is 0 Å². The summed E-state index contributed by atoms with van der Waals surface area (Å²) < 4.78 is 11.3. The molecule has 2 atom stereocenters. The quantitative estimate of drug-likeness (QED) is 0.560. The van der Waals surface area contributed by atoms with Crippen LogP contribution in [0.2, 0.25) is 5.02 Å². The lowest BCUT2D eigenvalue weighted by Crippen LogP contribution is -2.09. The third-order valence-electron chi connectivity index (χ3n) is 5.89. The Balaban J connectivity index is 1.98. The van der Waals surface area contributed by atoms with Gasteiger partial charge in [0.05, 0.1) is 14.2 Å². The van der Waals surface area contributed by atoms with E-state index in [9.17, 15) is 5.11 Å². The summed E-state index contributed by atoms with van der Waals surface area (Å²) in [7, 11) is 3.33. The summed E-state index contributed by atoms with van der Waals surface area (Å²) in [6.45, 7) is 0.151. The summed E-state index contributed by atoms with van der Waals surface area (Å²) in [4.78, 5) is 0. The molecule has 0 heterocycles. The van der Waals surface area contributed by atoms with E-state index in [-0.39, 0.29) is 18.4 Å². The van der Waals surface area contributed by atoms with Crippen molar-refractivity contribution in [1.29, 1.82) is 0 Å². The SMILES string of the molecule is COc1cccc([C@H]2C[C@@H](CCO)c3ccccc3-c3ccc(Cl)cc32)c1OC. The number of benzene rings is 3. The van der Waals surface area contributed by atoms with Gasteiger partial charge >= 0.3 is 0 Å². The molecule has 3 aromatic carbocycles. The molecule has 1 aliphatic rings. The number of para-hydroxylation sites is 1. The molecule has 150 valence electrons. The van der Waals surface area contributed by atoms with E-state index in [0.717, 1.165) is 17.7 Å². The zero-order valence-electron chi connectivity index (χ0n) is 16.7. The topological polar surface area (TPSA) is 38.7 Å². The highest BCUT2D eigenvalue weighted by Gasteiger charge is 2.31. The lowest BCUT2D eigenvalue weighted by atomic mass is 9.81. The van der Waals surface area contributed by atoms with Gasteiger partial charge in [-0.05, 0) is 59.2 Å². The van der Waals surface area contributed by atoms with Crippen LogP contribution in [0, 0.1) is 0 Å². The maximum atomic E-state index is 9.77. The lowest BCUT2D eigenvalue weighted by Gasteiger charge is -2.25. The molecule has 0 fully saturated rings. The zero-order chi connectivity index (χ0) is 20.4. The third-order valence-corrected chi connectivity index (χ3v) is 6.12. The molecule has 1 aliphatic carbocycles. The summed E-state index contributed by atoms with van der Waals surface area (Å²) in [5.41, 5.74) is 5.92. The standard InChI is InChI=1S/C25H25ClO3/c1-28-24-9-5-8-21(25(24)29-2)22-14-16(12-13-27)18-6-3-4-7-19(18)20-11-10-17(26)15-23(20)22/h3-11,15-16,22,27H,12-14H2,1-2H3/t16-,22-/m1/s1. The van der Waals surface area contributed by atoms with Gasteiger partial charge in [0, 0.05) is 23.1 Å².